The molecule has 1 saturated heterocycles. The van der Waals surface area contributed by atoms with Crippen LogP contribution in [0.2, 0.25) is 0 Å². The van der Waals surface area contributed by atoms with Gasteiger partial charge in [-0.25, -0.2) is 0 Å². The molecule has 0 bridgehead atoms. The van der Waals surface area contributed by atoms with Crippen molar-refractivity contribution in [3.63, 3.8) is 0 Å². The second-order valence-electron chi connectivity index (χ2n) is 6.56. The molecule has 1 aliphatic heterocycles. The normalized spacial score (nSPS) is 18.6. The third-order valence-electron chi connectivity index (χ3n) is 4.73. The van der Waals surface area contributed by atoms with Crippen LogP contribution in [0.15, 0.2) is 30.3 Å². The lowest BCUT2D eigenvalue weighted by atomic mass is 9.78. The number of nitrogens with one attached hydrogen (secondary N) is 2. The minimum Gasteiger partial charge on any atom is -0.384 e. The number of hydrogen-bond donors (Lipinski definition) is 2. The van der Waals surface area contributed by atoms with Crippen LogP contribution >= 0.6 is 0 Å². The summed E-state index contributed by atoms with van der Waals surface area (Å²) in [5, 5.41) is 6.49. The summed E-state index contributed by atoms with van der Waals surface area (Å²) in [6.45, 7) is 2.83. The molecule has 23 heavy (non-hydrogen) atoms. The van der Waals surface area contributed by atoms with Gasteiger partial charge in [0.1, 0.15) is 0 Å². The van der Waals surface area contributed by atoms with Gasteiger partial charge in [0.25, 0.3) is 0 Å². The zero-order valence-electron chi connectivity index (χ0n) is 14.5. The SMILES string of the molecule is COCC1(C(=O)NCC(c2ccccc2)N(C)C)CCNCC1. The van der Waals surface area contributed by atoms with Crippen molar-refractivity contribution in [3.05, 3.63) is 35.9 Å². The Morgan fingerprint density at radius 2 is 1.96 bits per heavy atom. The molecule has 0 aliphatic carbocycles. The summed E-state index contributed by atoms with van der Waals surface area (Å²) < 4.78 is 5.35. The Morgan fingerprint density at radius 3 is 2.52 bits per heavy atom. The summed E-state index contributed by atoms with van der Waals surface area (Å²) in [6, 6.07) is 10.5. The molecule has 1 aromatic carbocycles. The molecule has 1 fully saturated rings. The van der Waals surface area contributed by atoms with Gasteiger partial charge in [-0.15, -0.1) is 0 Å². The fourth-order valence-corrected chi connectivity index (χ4v) is 3.27. The van der Waals surface area contributed by atoms with E-state index in [4.69, 9.17) is 4.74 Å². The largest absolute Gasteiger partial charge is 0.384 e. The topological polar surface area (TPSA) is 53.6 Å². The molecule has 128 valence electrons. The van der Waals surface area contributed by atoms with Crippen LogP contribution in [-0.4, -0.2) is 58.3 Å². The quantitative estimate of drug-likeness (QED) is 0.798. The molecule has 1 heterocycles. The molecule has 0 saturated carbocycles. The number of benzene rings is 1. The minimum absolute atomic E-state index is 0.114. The Bertz CT molecular complexity index is 479. The number of likely N-dealkylation sites (N-methyl/N-ethyl adjacent to an activating group) is 1. The van der Waals surface area contributed by atoms with Gasteiger partial charge in [0, 0.05) is 13.7 Å². The molecule has 1 unspecified atom stereocenters. The van der Waals surface area contributed by atoms with Crippen molar-refractivity contribution in [2.24, 2.45) is 5.41 Å². The molecule has 0 aromatic heterocycles. The molecule has 0 radical (unpaired) electrons. The molecule has 5 heteroatoms. The molecule has 1 aromatic rings. The number of piperidine rings is 1. The second-order valence-corrected chi connectivity index (χ2v) is 6.56. The highest BCUT2D eigenvalue weighted by Gasteiger charge is 2.39. The molecule has 2 rings (SSSR count). The van der Waals surface area contributed by atoms with Gasteiger partial charge < -0.3 is 20.3 Å². The number of carbonyl (C=O) groups is 1. The van der Waals surface area contributed by atoms with E-state index in [1.54, 1.807) is 7.11 Å². The molecule has 1 atom stereocenters. The Kier molecular flexibility index (Phi) is 6.57. The van der Waals surface area contributed by atoms with Gasteiger partial charge in [0.2, 0.25) is 5.91 Å². The number of rotatable bonds is 7. The lowest BCUT2D eigenvalue weighted by molar-refractivity contribution is -0.136. The highest BCUT2D eigenvalue weighted by atomic mass is 16.5. The smallest absolute Gasteiger partial charge is 0.228 e. The molecule has 1 aliphatic rings. The third kappa shape index (κ3) is 4.53. The summed E-state index contributed by atoms with van der Waals surface area (Å²) in [6.07, 6.45) is 1.65. The predicted octanol–water partition coefficient (Wildman–Crippen LogP) is 1.42. The lowest BCUT2D eigenvalue weighted by Gasteiger charge is -2.36. The van der Waals surface area contributed by atoms with Crippen molar-refractivity contribution < 1.29 is 9.53 Å². The summed E-state index contributed by atoms with van der Waals surface area (Å²) in [5.41, 5.74) is 0.817. The van der Waals surface area contributed by atoms with Crippen molar-refractivity contribution >= 4 is 5.91 Å². The van der Waals surface area contributed by atoms with Gasteiger partial charge in [-0.1, -0.05) is 30.3 Å². The summed E-state index contributed by atoms with van der Waals surface area (Å²) in [5.74, 6) is 0.114. The van der Waals surface area contributed by atoms with Crippen LogP contribution < -0.4 is 10.6 Å². The number of nitrogens with zero attached hydrogens (tertiary/aromatic N) is 1. The van der Waals surface area contributed by atoms with Crippen LogP contribution in [0.25, 0.3) is 0 Å². The van der Waals surface area contributed by atoms with E-state index in [1.165, 1.54) is 5.56 Å². The van der Waals surface area contributed by atoms with Gasteiger partial charge in [-0.05, 0) is 45.6 Å². The van der Waals surface area contributed by atoms with Gasteiger partial charge in [0.05, 0.1) is 18.1 Å². The first-order valence-electron chi connectivity index (χ1n) is 8.28. The fourth-order valence-electron chi connectivity index (χ4n) is 3.27. The van der Waals surface area contributed by atoms with E-state index in [0.29, 0.717) is 13.2 Å². The first-order valence-corrected chi connectivity index (χ1v) is 8.28. The first-order chi connectivity index (χ1) is 11.1. The third-order valence-corrected chi connectivity index (χ3v) is 4.73. The fraction of sp³-hybridized carbons (Fsp3) is 0.611. The standard InChI is InChI=1S/C18H29N3O2/c1-21(2)16(15-7-5-4-6-8-15)13-20-17(22)18(14-23-3)9-11-19-12-10-18/h4-8,16,19H,9-14H2,1-3H3,(H,20,22). The zero-order chi connectivity index (χ0) is 16.7. The minimum atomic E-state index is -0.395. The molecular formula is C18H29N3O2. The van der Waals surface area contributed by atoms with Crippen molar-refractivity contribution in [3.8, 4) is 0 Å². The number of hydrogen-bond acceptors (Lipinski definition) is 4. The van der Waals surface area contributed by atoms with Crippen LogP contribution in [0.1, 0.15) is 24.4 Å². The van der Waals surface area contributed by atoms with Gasteiger partial charge >= 0.3 is 0 Å². The molecule has 0 spiro atoms. The van der Waals surface area contributed by atoms with Crippen LogP contribution in [0.5, 0.6) is 0 Å². The molecule has 2 N–H and O–H groups in total. The van der Waals surface area contributed by atoms with Crippen LogP contribution in [-0.2, 0) is 9.53 Å². The number of carbonyl (C=O) groups excluding carboxylic acids is 1. The Balaban J connectivity index is 2.03. The summed E-state index contributed by atoms with van der Waals surface area (Å²) in [7, 11) is 5.75. The first kappa shape index (κ1) is 17.9. The Hall–Kier alpha value is -1.43. The van der Waals surface area contributed by atoms with Gasteiger partial charge in [-0.2, -0.15) is 0 Å². The maximum absolute atomic E-state index is 12.8. The maximum atomic E-state index is 12.8. The zero-order valence-corrected chi connectivity index (χ0v) is 14.5. The van der Waals surface area contributed by atoms with E-state index >= 15 is 0 Å². The maximum Gasteiger partial charge on any atom is 0.228 e. The molecule has 5 nitrogen and oxygen atoms in total. The molecule has 1 amide bonds. The van der Waals surface area contributed by atoms with Crippen LogP contribution in [0, 0.1) is 5.41 Å². The highest BCUT2D eigenvalue weighted by molar-refractivity contribution is 5.83. The van der Waals surface area contributed by atoms with E-state index in [-0.39, 0.29) is 11.9 Å². The Morgan fingerprint density at radius 1 is 1.30 bits per heavy atom. The summed E-state index contributed by atoms with van der Waals surface area (Å²) >= 11 is 0. The van der Waals surface area contributed by atoms with Crippen LogP contribution in [0.3, 0.4) is 0 Å². The van der Waals surface area contributed by atoms with Gasteiger partial charge in [-0.3, -0.25) is 4.79 Å². The average Bonchev–Trinajstić information content (AvgIpc) is 2.56. The Labute approximate surface area is 139 Å². The summed E-state index contributed by atoms with van der Waals surface area (Å²) in [4.78, 5) is 15.0. The van der Waals surface area contributed by atoms with E-state index in [9.17, 15) is 4.79 Å². The van der Waals surface area contributed by atoms with Crippen molar-refractivity contribution in [1.82, 2.24) is 15.5 Å². The van der Waals surface area contributed by atoms with E-state index < -0.39 is 5.41 Å². The van der Waals surface area contributed by atoms with Gasteiger partial charge in [0.15, 0.2) is 0 Å². The monoisotopic (exact) mass is 319 g/mol. The highest BCUT2D eigenvalue weighted by Crippen LogP contribution is 2.29. The predicted molar refractivity (Wildman–Crippen MR) is 92.3 cm³/mol. The average molecular weight is 319 g/mol. The van der Waals surface area contributed by atoms with E-state index in [0.717, 1.165) is 25.9 Å². The number of methoxy groups -OCH3 is 1. The molecular weight excluding hydrogens is 290 g/mol. The van der Waals surface area contributed by atoms with Crippen molar-refractivity contribution in [1.29, 1.82) is 0 Å². The van der Waals surface area contributed by atoms with Crippen LogP contribution in [0.4, 0.5) is 0 Å². The number of amides is 1. The van der Waals surface area contributed by atoms with E-state index in [1.807, 2.05) is 32.3 Å². The van der Waals surface area contributed by atoms with Crippen molar-refractivity contribution in [2.45, 2.75) is 18.9 Å². The van der Waals surface area contributed by atoms with E-state index in [2.05, 4.69) is 27.7 Å². The second kappa shape index (κ2) is 8.43. The van der Waals surface area contributed by atoms with Crippen molar-refractivity contribution in [2.75, 3.05) is 47.4 Å². The number of ether oxygens (including phenoxy) is 1. The lowest BCUT2D eigenvalue weighted by Crippen LogP contribution is -2.51.